The van der Waals surface area contributed by atoms with Crippen LogP contribution in [0.15, 0.2) is 20.4 Å². The SMILES string of the molecule is O=CNc1nc(C(=NOCCOC=O)C(=O)NC2C(=O)N3CC(CSc4nncs4)(C(=O)O)CS[C@H]23)cs1. The molecule has 2 aromatic heterocycles. The van der Waals surface area contributed by atoms with Gasteiger partial charge in [0.2, 0.25) is 12.3 Å². The van der Waals surface area contributed by atoms with Gasteiger partial charge in [0.1, 0.15) is 34.6 Å². The monoisotopic (exact) mass is 601 g/mol. The zero-order valence-corrected chi connectivity index (χ0v) is 22.4. The topological polar surface area (TPSA) is 202 Å². The van der Waals surface area contributed by atoms with Gasteiger partial charge in [-0.15, -0.1) is 33.3 Å². The Morgan fingerprint density at radius 3 is 2.89 bits per heavy atom. The Hall–Kier alpha value is -3.29. The van der Waals surface area contributed by atoms with Crippen LogP contribution in [0.5, 0.6) is 0 Å². The second-order valence-corrected chi connectivity index (χ2v) is 11.8. The summed E-state index contributed by atoms with van der Waals surface area (Å²) in [6.07, 6.45) is 0.429. The van der Waals surface area contributed by atoms with Gasteiger partial charge >= 0.3 is 5.97 Å². The van der Waals surface area contributed by atoms with Crippen LogP contribution in [0.1, 0.15) is 5.69 Å². The summed E-state index contributed by atoms with van der Waals surface area (Å²) < 4.78 is 5.15. The summed E-state index contributed by atoms with van der Waals surface area (Å²) >= 11 is 4.89. The molecular formula is C19H19N7O8S4. The first kappa shape index (κ1) is 27.7. The highest BCUT2D eigenvalue weighted by Crippen LogP contribution is 2.44. The van der Waals surface area contributed by atoms with Crippen LogP contribution in [-0.2, 0) is 33.5 Å². The number of carboxylic acid groups (broad SMARTS) is 1. The molecule has 2 aliphatic heterocycles. The summed E-state index contributed by atoms with van der Waals surface area (Å²) in [5.74, 6) is -1.77. The molecule has 0 radical (unpaired) electrons. The zero-order valence-electron chi connectivity index (χ0n) is 19.2. The molecule has 0 spiro atoms. The number of thiazole rings is 1. The summed E-state index contributed by atoms with van der Waals surface area (Å²) in [7, 11) is 0. The Kier molecular flexibility index (Phi) is 9.13. The largest absolute Gasteiger partial charge is 0.481 e. The molecule has 38 heavy (non-hydrogen) atoms. The van der Waals surface area contributed by atoms with Gasteiger partial charge in [0, 0.05) is 23.4 Å². The van der Waals surface area contributed by atoms with Crippen molar-refractivity contribution in [1.29, 1.82) is 0 Å². The van der Waals surface area contributed by atoms with Crippen molar-refractivity contribution in [2.45, 2.75) is 15.8 Å². The van der Waals surface area contributed by atoms with Gasteiger partial charge < -0.3 is 30.2 Å². The Morgan fingerprint density at radius 2 is 2.18 bits per heavy atom. The minimum atomic E-state index is -1.19. The molecule has 15 nitrogen and oxygen atoms in total. The number of carbonyl (C=O) groups excluding carboxylic acids is 4. The molecular weight excluding hydrogens is 583 g/mol. The van der Waals surface area contributed by atoms with E-state index in [4.69, 9.17) is 4.84 Å². The molecule has 0 aliphatic carbocycles. The molecule has 2 saturated heterocycles. The van der Waals surface area contributed by atoms with Gasteiger partial charge in [-0.1, -0.05) is 28.3 Å². The number of β-lactam (4-membered cyclic amide) rings is 1. The van der Waals surface area contributed by atoms with E-state index < -0.39 is 34.6 Å². The number of carboxylic acids is 1. The molecule has 2 aromatic rings. The Bertz CT molecular complexity index is 1230. The highest BCUT2D eigenvalue weighted by atomic mass is 32.2. The second kappa shape index (κ2) is 12.5. The maximum atomic E-state index is 13.1. The van der Waals surface area contributed by atoms with Crippen molar-refractivity contribution in [3.8, 4) is 0 Å². The summed E-state index contributed by atoms with van der Waals surface area (Å²) in [5, 5.41) is 27.6. The van der Waals surface area contributed by atoms with Crippen LogP contribution in [0, 0.1) is 5.41 Å². The number of thioether (sulfide) groups is 2. The number of rotatable bonds is 14. The molecule has 2 fully saturated rings. The molecule has 3 atom stereocenters. The number of hydrogen-bond acceptors (Lipinski definition) is 15. The van der Waals surface area contributed by atoms with E-state index in [0.29, 0.717) is 10.7 Å². The van der Waals surface area contributed by atoms with Gasteiger partial charge in [0.25, 0.3) is 12.4 Å². The Morgan fingerprint density at radius 1 is 1.34 bits per heavy atom. The zero-order chi connectivity index (χ0) is 27.1. The molecule has 0 aromatic carbocycles. The fraction of sp³-hybridized carbons (Fsp3) is 0.421. The molecule has 19 heteroatoms. The van der Waals surface area contributed by atoms with E-state index in [1.165, 1.54) is 45.1 Å². The lowest BCUT2D eigenvalue weighted by molar-refractivity contribution is -0.157. The van der Waals surface area contributed by atoms with Crippen molar-refractivity contribution in [3.63, 3.8) is 0 Å². The van der Waals surface area contributed by atoms with E-state index in [1.807, 2.05) is 0 Å². The molecule has 0 saturated carbocycles. The van der Waals surface area contributed by atoms with Gasteiger partial charge in [0.05, 0.1) is 0 Å². The third kappa shape index (κ3) is 6.05. The van der Waals surface area contributed by atoms with Crippen molar-refractivity contribution < 1.29 is 38.7 Å². The number of hydrogen-bond donors (Lipinski definition) is 3. The average Bonchev–Trinajstić information content (AvgIpc) is 3.60. The summed E-state index contributed by atoms with van der Waals surface area (Å²) in [6, 6.07) is -0.912. The third-order valence-electron chi connectivity index (χ3n) is 5.36. The predicted molar refractivity (Wildman–Crippen MR) is 137 cm³/mol. The highest BCUT2D eigenvalue weighted by molar-refractivity contribution is 8.01. The van der Waals surface area contributed by atoms with Crippen molar-refractivity contribution >= 4 is 87.7 Å². The van der Waals surface area contributed by atoms with Crippen molar-refractivity contribution in [1.82, 2.24) is 25.4 Å². The number of amides is 3. The molecule has 3 amide bonds. The quantitative estimate of drug-likeness (QED) is 0.0638. The van der Waals surface area contributed by atoms with E-state index in [9.17, 15) is 29.1 Å². The normalized spacial score (nSPS) is 22.6. The smallest absolute Gasteiger partial charge is 0.313 e. The maximum absolute atomic E-state index is 13.1. The van der Waals surface area contributed by atoms with Crippen LogP contribution >= 0.6 is 46.2 Å². The average molecular weight is 602 g/mol. The van der Waals surface area contributed by atoms with E-state index in [1.54, 1.807) is 5.51 Å². The molecule has 0 bridgehead atoms. The minimum Gasteiger partial charge on any atom is -0.481 e. The lowest BCUT2D eigenvalue weighted by atomic mass is 9.89. The van der Waals surface area contributed by atoms with Crippen LogP contribution in [0.4, 0.5) is 5.13 Å². The lowest BCUT2D eigenvalue weighted by Crippen LogP contribution is -2.74. The van der Waals surface area contributed by atoms with Crippen LogP contribution in [0.25, 0.3) is 0 Å². The number of oxime groups is 1. The van der Waals surface area contributed by atoms with Crippen molar-refractivity contribution in [2.75, 3.05) is 36.6 Å². The first-order valence-electron chi connectivity index (χ1n) is 10.6. The number of fused-ring (bicyclic) bond motifs is 1. The number of aliphatic carboxylic acids is 1. The van der Waals surface area contributed by atoms with Crippen LogP contribution in [-0.4, -0.2) is 104 Å². The Balaban J connectivity index is 1.42. The third-order valence-corrected chi connectivity index (χ3v) is 9.87. The molecule has 2 unspecified atom stereocenters. The molecule has 4 heterocycles. The van der Waals surface area contributed by atoms with Crippen LogP contribution in [0.3, 0.4) is 0 Å². The van der Waals surface area contributed by atoms with Gasteiger partial charge in [-0.2, -0.15) is 0 Å². The first-order valence-corrected chi connectivity index (χ1v) is 14.4. The molecule has 3 N–H and O–H groups in total. The van der Waals surface area contributed by atoms with Crippen LogP contribution < -0.4 is 10.6 Å². The highest BCUT2D eigenvalue weighted by Gasteiger charge is 2.57. The molecule has 4 rings (SSSR count). The summed E-state index contributed by atoms with van der Waals surface area (Å²) in [6.45, 7) is -0.0126. The fourth-order valence-electron chi connectivity index (χ4n) is 3.49. The second-order valence-electron chi connectivity index (χ2n) is 7.74. The van der Waals surface area contributed by atoms with Gasteiger partial charge in [-0.3, -0.25) is 24.0 Å². The number of nitrogens with one attached hydrogen (secondary N) is 2. The number of ether oxygens (including phenoxy) is 1. The van der Waals surface area contributed by atoms with Gasteiger partial charge in [-0.25, -0.2) is 4.98 Å². The van der Waals surface area contributed by atoms with E-state index >= 15 is 0 Å². The number of aromatic nitrogens is 3. The van der Waals surface area contributed by atoms with Crippen molar-refractivity contribution in [2.24, 2.45) is 10.6 Å². The molecule has 2 aliphatic rings. The maximum Gasteiger partial charge on any atom is 0.313 e. The van der Waals surface area contributed by atoms with Crippen molar-refractivity contribution in [3.05, 3.63) is 16.6 Å². The first-order chi connectivity index (χ1) is 18.4. The van der Waals surface area contributed by atoms with Gasteiger partial charge in [-0.05, 0) is 0 Å². The molecule has 202 valence electrons. The van der Waals surface area contributed by atoms with Gasteiger partial charge in [0.15, 0.2) is 21.8 Å². The number of carbonyl (C=O) groups is 5. The summed E-state index contributed by atoms with van der Waals surface area (Å²) in [5.41, 5.74) is 0.202. The number of anilines is 1. The lowest BCUT2D eigenvalue weighted by Gasteiger charge is -2.53. The standard InChI is InChI=1S/C19H19N7O8S4/c27-7-20-17-22-10(3-35-17)11(25-34-2-1-33-9-28)13(29)23-12-14(30)26-4-19(16(31)32,5-36-15(12)26)6-37-18-24-21-8-38-18/h3,7-9,12,15H,1-2,4-6H2,(H,23,29)(H,31,32)(H,20,22,27)/t12?,15-,19?/m1/s1. The van der Waals surface area contributed by atoms with E-state index in [-0.39, 0.29) is 54.3 Å². The minimum absolute atomic E-state index is 0.00932. The van der Waals surface area contributed by atoms with E-state index in [2.05, 4.69) is 35.7 Å². The number of nitrogens with zero attached hydrogens (tertiary/aromatic N) is 5. The predicted octanol–water partition coefficient (Wildman–Crippen LogP) is -0.280. The summed E-state index contributed by atoms with van der Waals surface area (Å²) in [4.78, 5) is 69.8. The van der Waals surface area contributed by atoms with Crippen LogP contribution in [0.2, 0.25) is 0 Å². The Labute approximate surface area is 230 Å². The van der Waals surface area contributed by atoms with E-state index in [0.717, 1.165) is 11.3 Å². The fourth-order valence-corrected chi connectivity index (χ4v) is 7.49.